The first kappa shape index (κ1) is 19.5. The second-order valence-corrected chi connectivity index (χ2v) is 7.50. The number of para-hydroxylation sites is 1. The number of carbonyl (C=O) groups is 1. The fraction of sp³-hybridized carbons (Fsp3) is 0.0476. The van der Waals surface area contributed by atoms with Gasteiger partial charge in [0.1, 0.15) is 11.4 Å². The Hall–Kier alpha value is -3.85. The highest BCUT2D eigenvalue weighted by molar-refractivity contribution is 8.00. The van der Waals surface area contributed by atoms with Crippen molar-refractivity contribution in [3.8, 4) is 17.0 Å². The molecular weight excluding hydrogens is 400 g/mol. The fourth-order valence-corrected chi connectivity index (χ4v) is 3.47. The number of H-pyrrole nitrogens is 1. The molecule has 0 saturated carbocycles. The number of nitrogens with zero attached hydrogens (tertiary/aromatic N) is 4. The molecule has 0 aliphatic heterocycles. The number of hydrogen-bond acceptors (Lipinski definition) is 7. The number of anilines is 2. The molecule has 150 valence electrons. The predicted octanol–water partition coefficient (Wildman–Crippen LogP) is 3.97. The fourth-order valence-electron chi connectivity index (χ4n) is 2.72. The zero-order chi connectivity index (χ0) is 20.9. The highest BCUT2D eigenvalue weighted by atomic mass is 32.2. The number of benzene rings is 2. The first-order valence-corrected chi connectivity index (χ1v) is 9.81. The molecule has 30 heavy (non-hydrogen) atoms. The Morgan fingerprint density at radius 1 is 1.07 bits per heavy atom. The summed E-state index contributed by atoms with van der Waals surface area (Å²) in [5.41, 5.74) is 2.01. The van der Waals surface area contributed by atoms with Crippen molar-refractivity contribution in [2.45, 2.75) is 4.90 Å². The lowest BCUT2D eigenvalue weighted by molar-refractivity contribution is 0.102. The minimum Gasteiger partial charge on any atom is -0.507 e. The molecule has 1 amide bonds. The van der Waals surface area contributed by atoms with Crippen LogP contribution >= 0.6 is 11.9 Å². The van der Waals surface area contributed by atoms with Crippen LogP contribution in [0.3, 0.4) is 0 Å². The van der Waals surface area contributed by atoms with E-state index in [4.69, 9.17) is 0 Å². The summed E-state index contributed by atoms with van der Waals surface area (Å²) in [6.45, 7) is 0. The maximum absolute atomic E-state index is 12.5. The van der Waals surface area contributed by atoms with Crippen molar-refractivity contribution in [3.05, 3.63) is 78.8 Å². The molecule has 0 fully saturated rings. The quantitative estimate of drug-likeness (QED) is 0.407. The third-order valence-electron chi connectivity index (χ3n) is 4.19. The lowest BCUT2D eigenvalue weighted by atomic mass is 10.1. The van der Waals surface area contributed by atoms with Gasteiger partial charge in [-0.3, -0.25) is 14.2 Å². The number of nitrogens with one attached hydrogen (secondary N) is 2. The van der Waals surface area contributed by atoms with Crippen molar-refractivity contribution in [1.29, 1.82) is 0 Å². The van der Waals surface area contributed by atoms with E-state index in [-0.39, 0.29) is 11.7 Å². The Bertz CT molecular complexity index is 1150. The normalized spacial score (nSPS) is 10.6. The van der Waals surface area contributed by atoms with E-state index in [0.717, 1.165) is 4.90 Å². The van der Waals surface area contributed by atoms with Gasteiger partial charge < -0.3 is 10.4 Å². The average Bonchev–Trinajstić information content (AvgIpc) is 3.26. The first-order chi connectivity index (χ1) is 14.6. The van der Waals surface area contributed by atoms with Gasteiger partial charge in [-0.15, -0.1) is 0 Å². The van der Waals surface area contributed by atoms with E-state index in [1.165, 1.54) is 11.9 Å². The summed E-state index contributed by atoms with van der Waals surface area (Å²) in [7, 11) is 1.88. The highest BCUT2D eigenvalue weighted by Crippen LogP contribution is 2.28. The zero-order valence-corrected chi connectivity index (χ0v) is 16.8. The number of phenolic OH excluding ortho intramolecular Hbond substituents is 1. The monoisotopic (exact) mass is 418 g/mol. The number of aromatic amines is 1. The number of aromatic hydroxyl groups is 1. The van der Waals surface area contributed by atoms with Crippen molar-refractivity contribution in [2.24, 2.45) is 0 Å². The number of rotatable bonds is 6. The van der Waals surface area contributed by atoms with Crippen molar-refractivity contribution in [3.63, 3.8) is 0 Å². The molecule has 4 aromatic rings. The average molecular weight is 418 g/mol. The van der Waals surface area contributed by atoms with Crippen LogP contribution in [0, 0.1) is 0 Å². The number of aromatic nitrogens is 4. The van der Waals surface area contributed by atoms with E-state index in [2.05, 4.69) is 25.5 Å². The molecule has 0 aliphatic rings. The van der Waals surface area contributed by atoms with Crippen LogP contribution in [0.4, 0.5) is 11.6 Å². The SMILES string of the molecule is CN(Sc1ccc(NC(=O)c2cc(-c3ccccc3O)n[nH]2)cc1)c1ncccn1. The summed E-state index contributed by atoms with van der Waals surface area (Å²) in [4.78, 5) is 21.9. The van der Waals surface area contributed by atoms with Gasteiger partial charge in [-0.1, -0.05) is 12.1 Å². The minimum atomic E-state index is -0.320. The van der Waals surface area contributed by atoms with Crippen molar-refractivity contribution in [1.82, 2.24) is 20.2 Å². The highest BCUT2D eigenvalue weighted by Gasteiger charge is 2.13. The predicted molar refractivity (Wildman–Crippen MR) is 116 cm³/mol. The van der Waals surface area contributed by atoms with E-state index in [1.807, 2.05) is 35.6 Å². The molecule has 0 spiro atoms. The molecule has 8 nitrogen and oxygen atoms in total. The number of hydrogen-bond donors (Lipinski definition) is 3. The summed E-state index contributed by atoms with van der Waals surface area (Å²) in [5.74, 6) is 0.397. The zero-order valence-electron chi connectivity index (χ0n) is 16.0. The minimum absolute atomic E-state index is 0.106. The lowest BCUT2D eigenvalue weighted by Gasteiger charge is -2.15. The van der Waals surface area contributed by atoms with Gasteiger partial charge in [0.05, 0.1) is 5.69 Å². The topological polar surface area (TPSA) is 107 Å². The van der Waals surface area contributed by atoms with Gasteiger partial charge in [0, 0.05) is 35.6 Å². The van der Waals surface area contributed by atoms with Crippen LogP contribution in [0.2, 0.25) is 0 Å². The van der Waals surface area contributed by atoms with Crippen LogP contribution in [-0.2, 0) is 0 Å². The molecule has 2 heterocycles. The number of phenols is 1. The van der Waals surface area contributed by atoms with Gasteiger partial charge in [0.25, 0.3) is 5.91 Å². The summed E-state index contributed by atoms with van der Waals surface area (Å²) >= 11 is 1.48. The van der Waals surface area contributed by atoms with Crippen LogP contribution in [0.1, 0.15) is 10.5 Å². The standard InChI is InChI=1S/C21H18N6O2S/c1-27(21-22-11-4-12-23-21)30-15-9-7-14(8-10-15)24-20(29)18-13-17(25-26-18)16-5-2-3-6-19(16)28/h2-13,28H,1H3,(H,24,29)(H,25,26). The van der Waals surface area contributed by atoms with Gasteiger partial charge in [-0.2, -0.15) is 5.10 Å². The van der Waals surface area contributed by atoms with Crippen molar-refractivity contribution in [2.75, 3.05) is 16.7 Å². The molecule has 0 saturated heterocycles. The molecule has 0 bridgehead atoms. The molecule has 0 unspecified atom stereocenters. The molecule has 0 aliphatic carbocycles. The Morgan fingerprint density at radius 2 is 1.80 bits per heavy atom. The largest absolute Gasteiger partial charge is 0.507 e. The molecule has 3 N–H and O–H groups in total. The number of amides is 1. The summed E-state index contributed by atoms with van der Waals surface area (Å²) in [5, 5.41) is 19.6. The Morgan fingerprint density at radius 3 is 2.53 bits per heavy atom. The third kappa shape index (κ3) is 4.41. The van der Waals surface area contributed by atoms with Crippen molar-refractivity contribution < 1.29 is 9.90 Å². The Kier molecular flexibility index (Phi) is 5.62. The van der Waals surface area contributed by atoms with Gasteiger partial charge in [-0.05, 0) is 60.5 Å². The first-order valence-electron chi connectivity index (χ1n) is 9.04. The second kappa shape index (κ2) is 8.66. The van der Waals surface area contributed by atoms with Gasteiger partial charge in [0.2, 0.25) is 5.95 Å². The third-order valence-corrected chi connectivity index (χ3v) is 5.11. The van der Waals surface area contributed by atoms with E-state index >= 15 is 0 Å². The second-order valence-electron chi connectivity index (χ2n) is 6.30. The van der Waals surface area contributed by atoms with Crippen molar-refractivity contribution >= 4 is 29.5 Å². The molecule has 9 heteroatoms. The van der Waals surface area contributed by atoms with E-state index in [1.54, 1.807) is 48.8 Å². The van der Waals surface area contributed by atoms with Gasteiger partial charge in [0.15, 0.2) is 0 Å². The van der Waals surface area contributed by atoms with Crippen LogP contribution in [0.5, 0.6) is 5.75 Å². The Labute approximate surface area is 177 Å². The summed E-state index contributed by atoms with van der Waals surface area (Å²) in [6, 6.07) is 17.6. The molecular formula is C21H18N6O2S. The maximum Gasteiger partial charge on any atom is 0.273 e. The van der Waals surface area contributed by atoms with Crippen LogP contribution in [0.15, 0.2) is 78.0 Å². The number of carbonyl (C=O) groups excluding carboxylic acids is 1. The van der Waals surface area contributed by atoms with Crippen LogP contribution in [0.25, 0.3) is 11.3 Å². The van der Waals surface area contributed by atoms with Gasteiger partial charge in [-0.25, -0.2) is 9.97 Å². The molecule has 4 rings (SSSR count). The van der Waals surface area contributed by atoms with Crippen LogP contribution < -0.4 is 9.62 Å². The van der Waals surface area contributed by atoms with Crippen LogP contribution in [-0.4, -0.2) is 38.2 Å². The molecule has 0 radical (unpaired) electrons. The molecule has 0 atom stereocenters. The van der Waals surface area contributed by atoms with E-state index < -0.39 is 0 Å². The van der Waals surface area contributed by atoms with Gasteiger partial charge >= 0.3 is 0 Å². The van der Waals surface area contributed by atoms with E-state index in [0.29, 0.717) is 28.6 Å². The molecule has 2 aromatic heterocycles. The Balaban J connectivity index is 1.40. The summed E-state index contributed by atoms with van der Waals surface area (Å²) < 4.78 is 1.86. The summed E-state index contributed by atoms with van der Waals surface area (Å²) in [6.07, 6.45) is 3.39. The van der Waals surface area contributed by atoms with E-state index in [9.17, 15) is 9.90 Å². The molecule has 2 aromatic carbocycles. The smallest absolute Gasteiger partial charge is 0.273 e. The lowest BCUT2D eigenvalue weighted by Crippen LogP contribution is -2.12. The maximum atomic E-state index is 12.5.